The summed E-state index contributed by atoms with van der Waals surface area (Å²) in [5.41, 5.74) is 0. The van der Waals surface area contributed by atoms with Gasteiger partial charge >= 0.3 is 0 Å². The maximum absolute atomic E-state index is 6.30. The number of nitrogens with zero attached hydrogens (tertiary/aromatic N) is 3. The molecule has 4 heterocycles. The molecule has 0 spiro atoms. The van der Waals surface area contributed by atoms with Crippen molar-refractivity contribution in [3.8, 4) is 0 Å². The molecule has 0 unspecified atom stereocenters. The van der Waals surface area contributed by atoms with Crippen LogP contribution in [0.1, 0.15) is 59.2 Å². The molecule has 24 heavy (non-hydrogen) atoms. The van der Waals surface area contributed by atoms with E-state index in [0.29, 0.717) is 23.8 Å². The summed E-state index contributed by atoms with van der Waals surface area (Å²) < 4.78 is 12.2. The molecule has 5 rings (SSSR count). The Bertz CT molecular complexity index is 723. The van der Waals surface area contributed by atoms with Crippen LogP contribution in [0.5, 0.6) is 0 Å². The highest BCUT2D eigenvalue weighted by Crippen LogP contribution is 2.43. The van der Waals surface area contributed by atoms with Crippen LogP contribution in [-0.4, -0.2) is 34.3 Å². The number of aromatic nitrogens is 2. The quantitative estimate of drug-likeness (QED) is 0.846. The van der Waals surface area contributed by atoms with E-state index >= 15 is 0 Å². The first-order chi connectivity index (χ1) is 11.7. The predicted molar refractivity (Wildman–Crippen MR) is 90.9 cm³/mol. The molecule has 5 nitrogen and oxygen atoms in total. The molecule has 0 radical (unpaired) electrons. The summed E-state index contributed by atoms with van der Waals surface area (Å²) in [5.74, 6) is 2.66. The summed E-state index contributed by atoms with van der Waals surface area (Å²) in [4.78, 5) is 5.37. The second-order valence-electron chi connectivity index (χ2n) is 7.45. The van der Waals surface area contributed by atoms with Gasteiger partial charge in [0.1, 0.15) is 6.10 Å². The number of piperidine rings is 1. The highest BCUT2D eigenvalue weighted by atomic mass is 32.1. The minimum atomic E-state index is 0.00364. The molecule has 0 aromatic carbocycles. The van der Waals surface area contributed by atoms with Crippen LogP contribution < -0.4 is 0 Å². The zero-order valence-corrected chi connectivity index (χ0v) is 14.8. The Kier molecular flexibility index (Phi) is 3.72. The molecule has 0 bridgehead atoms. The monoisotopic (exact) mass is 345 g/mol. The van der Waals surface area contributed by atoms with E-state index in [2.05, 4.69) is 34.2 Å². The molecule has 2 aromatic rings. The fraction of sp³-hybridized carbons (Fsp3) is 0.667. The molecule has 128 valence electrons. The highest BCUT2D eigenvalue weighted by Gasteiger charge is 2.42. The first kappa shape index (κ1) is 15.0. The first-order valence-corrected chi connectivity index (χ1v) is 9.82. The molecule has 1 aliphatic carbocycles. The van der Waals surface area contributed by atoms with Crippen LogP contribution in [-0.2, 0) is 11.3 Å². The summed E-state index contributed by atoms with van der Waals surface area (Å²) >= 11 is 1.90. The number of thiophene rings is 1. The molecule has 2 aromatic heterocycles. The lowest BCUT2D eigenvalue weighted by molar-refractivity contribution is -0.0175. The number of aryl methyl sites for hydroxylation is 1. The summed E-state index contributed by atoms with van der Waals surface area (Å²) in [7, 11) is 0. The van der Waals surface area contributed by atoms with Crippen LogP contribution in [0.15, 0.2) is 16.5 Å². The van der Waals surface area contributed by atoms with E-state index in [0.717, 1.165) is 31.9 Å². The van der Waals surface area contributed by atoms with Crippen molar-refractivity contribution in [1.82, 2.24) is 15.1 Å². The Balaban J connectivity index is 1.22. The first-order valence-electron chi connectivity index (χ1n) is 9.01. The van der Waals surface area contributed by atoms with Gasteiger partial charge in [-0.1, -0.05) is 0 Å². The van der Waals surface area contributed by atoms with Crippen LogP contribution >= 0.6 is 11.3 Å². The summed E-state index contributed by atoms with van der Waals surface area (Å²) in [5, 5.41) is 8.46. The number of hydrogen-bond donors (Lipinski definition) is 0. The average Bonchev–Trinajstić information content (AvgIpc) is 2.98. The maximum atomic E-state index is 6.30. The molecular weight excluding hydrogens is 322 g/mol. The van der Waals surface area contributed by atoms with Crippen molar-refractivity contribution in [1.29, 1.82) is 0 Å². The predicted octanol–water partition coefficient (Wildman–Crippen LogP) is 3.67. The summed E-state index contributed by atoms with van der Waals surface area (Å²) in [6, 6.07) is 4.46. The van der Waals surface area contributed by atoms with Crippen LogP contribution in [0, 0.1) is 12.8 Å². The lowest BCUT2D eigenvalue weighted by Gasteiger charge is -2.33. The van der Waals surface area contributed by atoms with E-state index in [4.69, 9.17) is 9.15 Å². The third-order valence-electron chi connectivity index (χ3n) is 5.47. The van der Waals surface area contributed by atoms with Crippen molar-refractivity contribution in [2.24, 2.45) is 5.92 Å². The van der Waals surface area contributed by atoms with Gasteiger partial charge in [-0.15, -0.1) is 21.5 Å². The fourth-order valence-corrected chi connectivity index (χ4v) is 4.89. The molecule has 0 N–H and O–H groups in total. The van der Waals surface area contributed by atoms with Crippen molar-refractivity contribution < 1.29 is 9.15 Å². The van der Waals surface area contributed by atoms with Crippen molar-refractivity contribution >= 4 is 11.3 Å². The molecule has 3 fully saturated rings. The van der Waals surface area contributed by atoms with E-state index in [1.165, 1.54) is 29.0 Å². The van der Waals surface area contributed by atoms with Crippen molar-refractivity contribution in [2.45, 2.75) is 57.3 Å². The highest BCUT2D eigenvalue weighted by molar-refractivity contribution is 7.11. The molecule has 2 saturated heterocycles. The molecule has 6 heteroatoms. The van der Waals surface area contributed by atoms with Gasteiger partial charge in [-0.25, -0.2) is 0 Å². The summed E-state index contributed by atoms with van der Waals surface area (Å²) in [6.45, 7) is 5.39. The van der Waals surface area contributed by atoms with E-state index in [-0.39, 0.29) is 6.10 Å². The lowest BCUT2D eigenvalue weighted by Crippen LogP contribution is -2.41. The van der Waals surface area contributed by atoms with Crippen LogP contribution in [0.3, 0.4) is 0 Å². The fourth-order valence-electron chi connectivity index (χ4n) is 3.96. The normalized spacial score (nSPS) is 30.6. The SMILES string of the molecule is Cc1ccc(CN2CC[C@@H]3C[C@H](c4nnc(C5CC5)o4)O[C@H]3C2)s1. The molecule has 3 atom stereocenters. The van der Waals surface area contributed by atoms with E-state index < -0.39 is 0 Å². The standard InChI is InChI=1S/C18H23N3O2S/c1-11-2-5-14(24-11)9-21-7-6-13-8-15(22-16(13)10-21)18-20-19-17(23-18)12-3-4-12/h2,5,12-13,15-16H,3-4,6-10H2,1H3/t13-,15-,16+/m1/s1. The minimum absolute atomic E-state index is 0.00364. The number of rotatable bonds is 4. The number of hydrogen-bond acceptors (Lipinski definition) is 6. The molecule has 2 aliphatic heterocycles. The zero-order valence-electron chi connectivity index (χ0n) is 14.0. The van der Waals surface area contributed by atoms with Crippen LogP contribution in [0.4, 0.5) is 0 Å². The van der Waals surface area contributed by atoms with Crippen molar-refractivity contribution in [2.75, 3.05) is 13.1 Å². The summed E-state index contributed by atoms with van der Waals surface area (Å²) in [6.07, 6.45) is 4.92. The van der Waals surface area contributed by atoms with Crippen LogP contribution in [0.2, 0.25) is 0 Å². The second-order valence-corrected chi connectivity index (χ2v) is 8.82. The van der Waals surface area contributed by atoms with Gasteiger partial charge in [0.2, 0.25) is 11.8 Å². The number of ether oxygens (including phenoxy) is 1. The molecule has 3 aliphatic rings. The second kappa shape index (κ2) is 5.93. The van der Waals surface area contributed by atoms with Gasteiger partial charge in [-0.3, -0.25) is 4.90 Å². The Morgan fingerprint density at radius 2 is 2.08 bits per heavy atom. The topological polar surface area (TPSA) is 51.4 Å². The number of fused-ring (bicyclic) bond motifs is 1. The third-order valence-corrected chi connectivity index (χ3v) is 6.46. The Morgan fingerprint density at radius 3 is 2.88 bits per heavy atom. The zero-order chi connectivity index (χ0) is 16.1. The maximum Gasteiger partial charge on any atom is 0.245 e. The Labute approximate surface area is 146 Å². The van der Waals surface area contributed by atoms with E-state index in [9.17, 15) is 0 Å². The third kappa shape index (κ3) is 2.91. The van der Waals surface area contributed by atoms with Crippen molar-refractivity contribution in [3.05, 3.63) is 33.7 Å². The molecule has 0 amide bonds. The van der Waals surface area contributed by atoms with E-state index in [1.54, 1.807) is 0 Å². The van der Waals surface area contributed by atoms with Gasteiger partial charge in [-0.05, 0) is 57.2 Å². The van der Waals surface area contributed by atoms with Gasteiger partial charge in [0.05, 0.1) is 6.10 Å². The Hall–Kier alpha value is -1.24. The van der Waals surface area contributed by atoms with Gasteiger partial charge in [0, 0.05) is 28.8 Å². The number of likely N-dealkylation sites (tertiary alicyclic amines) is 1. The smallest absolute Gasteiger partial charge is 0.245 e. The van der Waals surface area contributed by atoms with Crippen molar-refractivity contribution in [3.63, 3.8) is 0 Å². The Morgan fingerprint density at radius 1 is 1.21 bits per heavy atom. The molecule has 1 saturated carbocycles. The van der Waals surface area contributed by atoms with Gasteiger partial charge < -0.3 is 9.15 Å². The lowest BCUT2D eigenvalue weighted by atomic mass is 9.92. The minimum Gasteiger partial charge on any atom is -0.422 e. The largest absolute Gasteiger partial charge is 0.422 e. The van der Waals surface area contributed by atoms with Gasteiger partial charge in [-0.2, -0.15) is 0 Å². The van der Waals surface area contributed by atoms with E-state index in [1.807, 2.05) is 11.3 Å². The van der Waals surface area contributed by atoms with Crippen LogP contribution in [0.25, 0.3) is 0 Å². The average molecular weight is 345 g/mol. The van der Waals surface area contributed by atoms with Gasteiger partial charge in [0.25, 0.3) is 0 Å². The molecular formula is C18H23N3O2S. The van der Waals surface area contributed by atoms with Gasteiger partial charge in [0.15, 0.2) is 0 Å².